The predicted molar refractivity (Wildman–Crippen MR) is 89.6 cm³/mol. The largest absolute Gasteiger partial charge is 0.497 e. The van der Waals surface area contributed by atoms with Crippen LogP contribution in [0.25, 0.3) is 0 Å². The van der Waals surface area contributed by atoms with E-state index in [1.165, 1.54) is 24.3 Å². The molecule has 0 saturated heterocycles. The molecule has 0 atom stereocenters. The number of aryl methyl sites for hydroxylation is 1. The molecule has 0 spiro atoms. The molecule has 0 unspecified atom stereocenters. The molecule has 0 amide bonds. The number of nitro groups is 1. The van der Waals surface area contributed by atoms with Crippen molar-refractivity contribution in [1.29, 1.82) is 0 Å². The molecule has 0 aliphatic carbocycles. The van der Waals surface area contributed by atoms with Gasteiger partial charge in [-0.3, -0.25) is 10.1 Å². The van der Waals surface area contributed by atoms with Crippen molar-refractivity contribution in [3.8, 4) is 5.75 Å². The van der Waals surface area contributed by atoms with Crippen molar-refractivity contribution in [3.63, 3.8) is 0 Å². The molecule has 0 aliphatic rings. The van der Waals surface area contributed by atoms with E-state index < -0.39 is 20.6 Å². The van der Waals surface area contributed by atoms with Gasteiger partial charge in [0.2, 0.25) is 10.0 Å². The van der Waals surface area contributed by atoms with Crippen LogP contribution in [0.2, 0.25) is 0 Å². The van der Waals surface area contributed by atoms with Gasteiger partial charge in [0.05, 0.1) is 12.0 Å². The summed E-state index contributed by atoms with van der Waals surface area (Å²) in [6, 6.07) is 12.8. The summed E-state index contributed by atoms with van der Waals surface area (Å²) in [6.07, 6.45) is 1.26. The Morgan fingerprint density at radius 1 is 1.12 bits per heavy atom. The minimum absolute atomic E-state index is 0.195. The topological polar surface area (TPSA) is 98.5 Å². The molecule has 24 heavy (non-hydrogen) atoms. The summed E-state index contributed by atoms with van der Waals surface area (Å²) in [5.74, 6) is 0.760. The Bertz CT molecular complexity index is 803. The molecule has 128 valence electrons. The van der Waals surface area contributed by atoms with Crippen LogP contribution in [-0.4, -0.2) is 27.0 Å². The van der Waals surface area contributed by atoms with Gasteiger partial charge in [0, 0.05) is 12.6 Å². The molecule has 0 radical (unpaired) electrons. The van der Waals surface area contributed by atoms with Crippen molar-refractivity contribution in [1.82, 2.24) is 4.72 Å². The summed E-state index contributed by atoms with van der Waals surface area (Å²) < 4.78 is 31.9. The number of benzene rings is 2. The van der Waals surface area contributed by atoms with Crippen LogP contribution in [0.1, 0.15) is 12.0 Å². The first-order valence-electron chi connectivity index (χ1n) is 7.30. The van der Waals surface area contributed by atoms with E-state index >= 15 is 0 Å². The Labute approximate surface area is 140 Å². The molecular weight excluding hydrogens is 332 g/mol. The van der Waals surface area contributed by atoms with Crippen LogP contribution in [0, 0.1) is 10.1 Å². The fourth-order valence-electron chi connectivity index (χ4n) is 2.20. The van der Waals surface area contributed by atoms with E-state index in [9.17, 15) is 18.5 Å². The molecule has 0 saturated carbocycles. The van der Waals surface area contributed by atoms with Gasteiger partial charge in [0.15, 0.2) is 4.90 Å². The molecule has 2 aromatic rings. The number of nitrogens with one attached hydrogen (secondary N) is 1. The highest BCUT2D eigenvalue weighted by atomic mass is 32.2. The molecule has 0 bridgehead atoms. The summed E-state index contributed by atoms with van der Waals surface area (Å²) in [5, 5.41) is 10.9. The molecular formula is C16H18N2O5S. The second-order valence-electron chi connectivity index (χ2n) is 5.07. The van der Waals surface area contributed by atoms with Crippen molar-refractivity contribution < 1.29 is 18.1 Å². The van der Waals surface area contributed by atoms with Crippen molar-refractivity contribution in [2.24, 2.45) is 0 Å². The summed E-state index contributed by atoms with van der Waals surface area (Å²) in [6.45, 7) is 0.195. The maximum Gasteiger partial charge on any atom is 0.289 e. The Hall–Kier alpha value is -2.45. The third kappa shape index (κ3) is 4.53. The van der Waals surface area contributed by atoms with Crippen molar-refractivity contribution >= 4 is 15.7 Å². The minimum Gasteiger partial charge on any atom is -0.497 e. The lowest BCUT2D eigenvalue weighted by molar-refractivity contribution is -0.387. The summed E-state index contributed by atoms with van der Waals surface area (Å²) in [5.41, 5.74) is 0.626. The third-order valence-electron chi connectivity index (χ3n) is 3.44. The number of hydrogen-bond acceptors (Lipinski definition) is 5. The van der Waals surface area contributed by atoms with E-state index in [0.717, 1.165) is 11.3 Å². The average molecular weight is 350 g/mol. The summed E-state index contributed by atoms with van der Waals surface area (Å²) >= 11 is 0. The smallest absolute Gasteiger partial charge is 0.289 e. The molecule has 2 rings (SSSR count). The van der Waals surface area contributed by atoms with E-state index in [1.54, 1.807) is 7.11 Å². The van der Waals surface area contributed by atoms with Crippen LogP contribution in [0.15, 0.2) is 53.4 Å². The van der Waals surface area contributed by atoms with Gasteiger partial charge >= 0.3 is 0 Å². The van der Waals surface area contributed by atoms with Gasteiger partial charge in [-0.25, -0.2) is 13.1 Å². The van der Waals surface area contributed by atoms with Crippen molar-refractivity contribution in [2.75, 3.05) is 13.7 Å². The first-order valence-corrected chi connectivity index (χ1v) is 8.78. The number of rotatable bonds is 8. The van der Waals surface area contributed by atoms with E-state index in [1.807, 2.05) is 24.3 Å². The zero-order chi connectivity index (χ0) is 17.6. The molecule has 7 nitrogen and oxygen atoms in total. The molecule has 0 fully saturated rings. The van der Waals surface area contributed by atoms with Crippen molar-refractivity contribution in [3.05, 3.63) is 64.2 Å². The normalized spacial score (nSPS) is 11.2. The Balaban J connectivity index is 1.94. The van der Waals surface area contributed by atoms with Gasteiger partial charge < -0.3 is 4.74 Å². The molecule has 2 aromatic carbocycles. The lowest BCUT2D eigenvalue weighted by atomic mass is 10.1. The lowest BCUT2D eigenvalue weighted by Crippen LogP contribution is -2.25. The second kappa shape index (κ2) is 7.89. The van der Waals surface area contributed by atoms with Gasteiger partial charge in [-0.1, -0.05) is 24.3 Å². The number of methoxy groups -OCH3 is 1. The fourth-order valence-corrected chi connectivity index (χ4v) is 3.45. The first kappa shape index (κ1) is 17.9. The van der Waals surface area contributed by atoms with Gasteiger partial charge in [-0.05, 0) is 36.6 Å². The van der Waals surface area contributed by atoms with Gasteiger partial charge in [-0.2, -0.15) is 0 Å². The molecule has 0 heterocycles. The standard InChI is InChI=1S/C16H18N2O5S/c1-23-14-10-8-13(9-11-14)5-4-12-17-24(21,22)16-7-3-2-6-15(16)18(19)20/h2-3,6-11,17H,4-5,12H2,1H3. The quantitative estimate of drug-likeness (QED) is 0.448. The number of hydrogen-bond donors (Lipinski definition) is 1. The Morgan fingerprint density at radius 3 is 2.42 bits per heavy atom. The number of nitro benzene ring substituents is 1. The van der Waals surface area contributed by atoms with Crippen LogP contribution in [-0.2, 0) is 16.4 Å². The number of para-hydroxylation sites is 1. The number of ether oxygens (including phenoxy) is 1. The zero-order valence-corrected chi connectivity index (χ0v) is 14.0. The average Bonchev–Trinajstić information content (AvgIpc) is 2.59. The zero-order valence-electron chi connectivity index (χ0n) is 13.1. The van der Waals surface area contributed by atoms with Crippen LogP contribution in [0.3, 0.4) is 0 Å². The van der Waals surface area contributed by atoms with Crippen LogP contribution in [0.4, 0.5) is 5.69 Å². The SMILES string of the molecule is COc1ccc(CCCNS(=O)(=O)c2ccccc2[N+](=O)[O-])cc1. The number of sulfonamides is 1. The van der Waals surface area contributed by atoms with E-state index in [-0.39, 0.29) is 11.4 Å². The minimum atomic E-state index is -3.91. The molecule has 1 N–H and O–H groups in total. The van der Waals surface area contributed by atoms with Crippen LogP contribution >= 0.6 is 0 Å². The Morgan fingerprint density at radius 2 is 1.79 bits per heavy atom. The highest BCUT2D eigenvalue weighted by Crippen LogP contribution is 2.22. The van der Waals surface area contributed by atoms with E-state index in [4.69, 9.17) is 4.74 Å². The van der Waals surface area contributed by atoms with E-state index in [2.05, 4.69) is 4.72 Å². The summed E-state index contributed by atoms with van der Waals surface area (Å²) in [4.78, 5) is 9.92. The van der Waals surface area contributed by atoms with Gasteiger partial charge in [-0.15, -0.1) is 0 Å². The monoisotopic (exact) mass is 350 g/mol. The van der Waals surface area contributed by atoms with E-state index in [0.29, 0.717) is 12.8 Å². The maximum atomic E-state index is 12.2. The van der Waals surface area contributed by atoms with Crippen LogP contribution < -0.4 is 9.46 Å². The first-order chi connectivity index (χ1) is 11.4. The number of nitrogens with zero attached hydrogens (tertiary/aromatic N) is 1. The Kier molecular flexibility index (Phi) is 5.88. The molecule has 0 aliphatic heterocycles. The maximum absolute atomic E-state index is 12.2. The van der Waals surface area contributed by atoms with Gasteiger partial charge in [0.25, 0.3) is 5.69 Å². The highest BCUT2D eigenvalue weighted by Gasteiger charge is 2.24. The second-order valence-corrected chi connectivity index (χ2v) is 6.81. The highest BCUT2D eigenvalue weighted by molar-refractivity contribution is 7.89. The fraction of sp³-hybridized carbons (Fsp3) is 0.250. The van der Waals surface area contributed by atoms with Gasteiger partial charge in [0.1, 0.15) is 5.75 Å². The molecule has 0 aromatic heterocycles. The third-order valence-corrected chi connectivity index (χ3v) is 4.95. The predicted octanol–water partition coefficient (Wildman–Crippen LogP) is 2.51. The lowest BCUT2D eigenvalue weighted by Gasteiger charge is -2.07. The molecule has 8 heteroatoms. The van der Waals surface area contributed by atoms with Crippen molar-refractivity contribution in [2.45, 2.75) is 17.7 Å². The summed E-state index contributed by atoms with van der Waals surface area (Å²) in [7, 11) is -2.32. The van der Waals surface area contributed by atoms with Crippen LogP contribution in [0.5, 0.6) is 5.75 Å².